The van der Waals surface area contributed by atoms with Crippen LogP contribution in [0.3, 0.4) is 0 Å². The Morgan fingerprint density at radius 2 is 2.06 bits per heavy atom. The van der Waals surface area contributed by atoms with Gasteiger partial charge >= 0.3 is 0 Å². The quantitative estimate of drug-likeness (QED) is 0.603. The molecule has 5 heteroatoms. The lowest BCUT2D eigenvalue weighted by Crippen LogP contribution is -2.70. The van der Waals surface area contributed by atoms with Crippen LogP contribution in [0.25, 0.3) is 0 Å². The molecule has 2 unspecified atom stereocenters. The van der Waals surface area contributed by atoms with Gasteiger partial charge < -0.3 is 15.9 Å². The van der Waals surface area contributed by atoms with Crippen molar-refractivity contribution < 1.29 is 15.0 Å². The average Bonchev–Trinajstić information content (AvgIpc) is 2.29. The lowest BCUT2D eigenvalue weighted by atomic mass is 9.66. The van der Waals surface area contributed by atoms with E-state index in [9.17, 15) is 9.90 Å². The first kappa shape index (κ1) is 11.8. The van der Waals surface area contributed by atoms with Crippen LogP contribution in [0.4, 0.5) is 0 Å². The molecule has 0 bridgehead atoms. The van der Waals surface area contributed by atoms with Crippen LogP contribution in [0.15, 0.2) is 0 Å². The number of primary amides is 1. The SMILES string of the molecule is NC(=O)C(CO)N1CC2(CCCCC2)C1O. The van der Waals surface area contributed by atoms with Gasteiger partial charge in [-0.1, -0.05) is 19.3 Å². The predicted molar refractivity (Wildman–Crippen MR) is 58.3 cm³/mol. The second kappa shape index (κ2) is 4.31. The van der Waals surface area contributed by atoms with Gasteiger partial charge in [0.25, 0.3) is 0 Å². The van der Waals surface area contributed by atoms with E-state index in [4.69, 9.17) is 10.8 Å². The van der Waals surface area contributed by atoms with Gasteiger partial charge in [-0.15, -0.1) is 0 Å². The molecular formula is C11H20N2O3. The van der Waals surface area contributed by atoms with Gasteiger partial charge in [-0.25, -0.2) is 0 Å². The summed E-state index contributed by atoms with van der Waals surface area (Å²) in [5.74, 6) is -0.563. The molecule has 0 aromatic carbocycles. The summed E-state index contributed by atoms with van der Waals surface area (Å²) in [4.78, 5) is 12.7. The zero-order valence-corrected chi connectivity index (χ0v) is 9.43. The molecule has 0 aromatic rings. The molecule has 92 valence electrons. The molecule has 1 saturated heterocycles. The highest BCUT2D eigenvalue weighted by atomic mass is 16.3. The molecule has 2 rings (SSSR count). The number of nitrogens with zero attached hydrogens (tertiary/aromatic N) is 1. The van der Waals surface area contributed by atoms with Crippen molar-refractivity contribution in [3.8, 4) is 0 Å². The summed E-state index contributed by atoms with van der Waals surface area (Å²) in [5, 5.41) is 19.2. The van der Waals surface area contributed by atoms with Gasteiger partial charge in [-0.05, 0) is 12.8 Å². The molecule has 5 nitrogen and oxygen atoms in total. The lowest BCUT2D eigenvalue weighted by molar-refractivity contribution is -0.225. The fourth-order valence-electron chi connectivity index (χ4n) is 3.08. The molecule has 2 aliphatic rings. The summed E-state index contributed by atoms with van der Waals surface area (Å²) in [6.45, 7) is 0.366. The molecule has 1 saturated carbocycles. The Morgan fingerprint density at radius 3 is 2.50 bits per heavy atom. The highest BCUT2D eigenvalue weighted by molar-refractivity contribution is 5.80. The van der Waals surface area contributed by atoms with Gasteiger partial charge in [0.05, 0.1) is 6.61 Å². The topological polar surface area (TPSA) is 86.8 Å². The molecule has 0 radical (unpaired) electrons. The van der Waals surface area contributed by atoms with Gasteiger partial charge in [0, 0.05) is 12.0 Å². The first-order valence-electron chi connectivity index (χ1n) is 5.95. The largest absolute Gasteiger partial charge is 0.394 e. The molecule has 16 heavy (non-hydrogen) atoms. The summed E-state index contributed by atoms with van der Waals surface area (Å²) in [5.41, 5.74) is 5.15. The van der Waals surface area contributed by atoms with Crippen molar-refractivity contribution in [2.24, 2.45) is 11.1 Å². The van der Waals surface area contributed by atoms with Crippen LogP contribution >= 0.6 is 0 Å². The van der Waals surface area contributed by atoms with Crippen LogP contribution in [-0.4, -0.2) is 46.4 Å². The van der Waals surface area contributed by atoms with Gasteiger partial charge in [-0.3, -0.25) is 9.69 Å². The molecular weight excluding hydrogens is 208 g/mol. The number of nitrogens with two attached hydrogens (primary N) is 1. The average molecular weight is 228 g/mol. The minimum Gasteiger partial charge on any atom is -0.394 e. The van der Waals surface area contributed by atoms with E-state index in [1.165, 1.54) is 6.42 Å². The maximum absolute atomic E-state index is 11.1. The summed E-state index contributed by atoms with van der Waals surface area (Å²) in [6.07, 6.45) is 4.94. The fourth-order valence-corrected chi connectivity index (χ4v) is 3.08. The summed E-state index contributed by atoms with van der Waals surface area (Å²) >= 11 is 0. The molecule has 2 atom stereocenters. The second-order valence-corrected chi connectivity index (χ2v) is 5.07. The normalized spacial score (nSPS) is 31.0. The predicted octanol–water partition coefficient (Wildman–Crippen LogP) is -0.583. The molecule has 1 aliphatic carbocycles. The number of hydrogen-bond acceptors (Lipinski definition) is 4. The summed E-state index contributed by atoms with van der Waals surface area (Å²) in [7, 11) is 0. The maximum Gasteiger partial charge on any atom is 0.237 e. The van der Waals surface area contributed by atoms with E-state index in [0.29, 0.717) is 6.54 Å². The van der Waals surface area contributed by atoms with Gasteiger partial charge in [0.2, 0.25) is 5.91 Å². The number of carbonyl (C=O) groups is 1. The standard InChI is InChI=1S/C11H20N2O3/c12-9(15)8(6-14)13-7-11(10(13)16)4-2-1-3-5-11/h8,10,14,16H,1-7H2,(H2,12,15). The molecule has 0 aromatic heterocycles. The van der Waals surface area contributed by atoms with Crippen molar-refractivity contribution in [2.75, 3.05) is 13.2 Å². The number of amides is 1. The first-order chi connectivity index (χ1) is 7.60. The van der Waals surface area contributed by atoms with Crippen LogP contribution in [0.2, 0.25) is 0 Å². The molecule has 1 spiro atoms. The van der Waals surface area contributed by atoms with Crippen molar-refractivity contribution >= 4 is 5.91 Å². The van der Waals surface area contributed by atoms with E-state index in [-0.39, 0.29) is 12.0 Å². The number of likely N-dealkylation sites (tertiary alicyclic amines) is 1. The van der Waals surface area contributed by atoms with Crippen molar-refractivity contribution in [3.05, 3.63) is 0 Å². The number of aliphatic hydroxyl groups excluding tert-OH is 2. The Bertz CT molecular complexity index is 276. The molecule has 1 amide bonds. The highest BCUT2D eigenvalue weighted by Crippen LogP contribution is 2.48. The molecule has 1 heterocycles. The second-order valence-electron chi connectivity index (χ2n) is 5.07. The maximum atomic E-state index is 11.1. The van der Waals surface area contributed by atoms with Crippen LogP contribution < -0.4 is 5.73 Å². The fraction of sp³-hybridized carbons (Fsp3) is 0.909. The Labute approximate surface area is 95.2 Å². The Balaban J connectivity index is 2.00. The number of rotatable bonds is 3. The number of hydrogen-bond donors (Lipinski definition) is 3. The Hall–Kier alpha value is -0.650. The van der Waals surface area contributed by atoms with Gasteiger partial charge in [-0.2, -0.15) is 0 Å². The monoisotopic (exact) mass is 228 g/mol. The molecule has 1 aliphatic heterocycles. The van der Waals surface area contributed by atoms with E-state index in [1.54, 1.807) is 4.90 Å². The Kier molecular flexibility index (Phi) is 3.19. The van der Waals surface area contributed by atoms with Crippen LogP contribution in [0.1, 0.15) is 32.1 Å². The van der Waals surface area contributed by atoms with E-state index in [0.717, 1.165) is 25.7 Å². The first-order valence-corrected chi connectivity index (χ1v) is 5.95. The number of carbonyl (C=O) groups excluding carboxylic acids is 1. The summed E-state index contributed by atoms with van der Waals surface area (Å²) in [6, 6.07) is -0.734. The van der Waals surface area contributed by atoms with E-state index >= 15 is 0 Å². The van der Waals surface area contributed by atoms with Crippen LogP contribution in [-0.2, 0) is 4.79 Å². The third kappa shape index (κ3) is 1.73. The van der Waals surface area contributed by atoms with Crippen molar-refractivity contribution in [1.29, 1.82) is 0 Å². The van der Waals surface area contributed by atoms with Gasteiger partial charge in [0.15, 0.2) is 0 Å². The van der Waals surface area contributed by atoms with Crippen molar-refractivity contribution in [3.63, 3.8) is 0 Å². The minimum absolute atomic E-state index is 0.0406. The minimum atomic E-state index is -0.734. The number of aliphatic hydroxyl groups is 2. The molecule has 2 fully saturated rings. The third-order valence-electron chi connectivity index (χ3n) is 4.11. The smallest absolute Gasteiger partial charge is 0.237 e. The molecule has 4 N–H and O–H groups in total. The van der Waals surface area contributed by atoms with E-state index in [1.807, 2.05) is 0 Å². The Morgan fingerprint density at radius 1 is 1.44 bits per heavy atom. The lowest BCUT2D eigenvalue weighted by Gasteiger charge is -2.58. The van der Waals surface area contributed by atoms with Crippen LogP contribution in [0, 0.1) is 5.41 Å². The van der Waals surface area contributed by atoms with Crippen molar-refractivity contribution in [2.45, 2.75) is 44.4 Å². The highest BCUT2D eigenvalue weighted by Gasteiger charge is 2.54. The zero-order chi connectivity index (χ0) is 11.8. The zero-order valence-electron chi connectivity index (χ0n) is 9.43. The van der Waals surface area contributed by atoms with Crippen molar-refractivity contribution in [1.82, 2.24) is 4.90 Å². The van der Waals surface area contributed by atoms with Gasteiger partial charge in [0.1, 0.15) is 12.3 Å². The van der Waals surface area contributed by atoms with Crippen LogP contribution in [0.5, 0.6) is 0 Å². The van der Waals surface area contributed by atoms with E-state index in [2.05, 4.69) is 0 Å². The summed E-state index contributed by atoms with van der Waals surface area (Å²) < 4.78 is 0. The van der Waals surface area contributed by atoms with E-state index < -0.39 is 18.2 Å². The third-order valence-corrected chi connectivity index (χ3v) is 4.11.